The molecule has 1 amide bonds. The van der Waals surface area contributed by atoms with Gasteiger partial charge in [-0.2, -0.15) is 0 Å². The van der Waals surface area contributed by atoms with Gasteiger partial charge in [0, 0.05) is 35.7 Å². The van der Waals surface area contributed by atoms with Gasteiger partial charge in [0.15, 0.2) is 5.78 Å². The van der Waals surface area contributed by atoms with E-state index in [9.17, 15) is 9.59 Å². The molecule has 0 radical (unpaired) electrons. The number of carbonyl (C=O) groups excluding carboxylic acids is 2. The molecule has 0 aliphatic heterocycles. The number of aryl methyl sites for hydroxylation is 1. The summed E-state index contributed by atoms with van der Waals surface area (Å²) in [7, 11) is 1.70. The van der Waals surface area contributed by atoms with Crippen molar-refractivity contribution in [2.75, 3.05) is 13.6 Å². The molecule has 1 aromatic heterocycles. The number of para-hydroxylation sites is 1. The fraction of sp³-hybridized carbons (Fsp3) is 0.192. The predicted octanol–water partition coefficient (Wildman–Crippen LogP) is 6.58. The van der Waals surface area contributed by atoms with Gasteiger partial charge in [-0.3, -0.25) is 15.0 Å². The van der Waals surface area contributed by atoms with Crippen LogP contribution >= 0.6 is 46.4 Å². The number of nitrogens with zero attached hydrogens (tertiary/aromatic N) is 3. The van der Waals surface area contributed by atoms with Crippen LogP contribution in [0.4, 0.5) is 0 Å². The predicted molar refractivity (Wildman–Crippen MR) is 145 cm³/mol. The summed E-state index contributed by atoms with van der Waals surface area (Å²) in [4.78, 5) is 27.3. The molecule has 36 heavy (non-hydrogen) atoms. The van der Waals surface area contributed by atoms with Gasteiger partial charge in [-0.25, -0.2) is 0 Å². The monoisotopic (exact) mass is 562 g/mol. The standard InChI is InChI=1S/C26H22Cl4N4O2/c1-32(25(36)19-11-10-18(28)14-21(19)30)12-3-13-33-24-20(29)4-2-5-22(24)34(26(33)31)15-23(35)16-6-8-17(27)9-7-16/h2,4-11,14,31H,3,12-13,15H2,1H3. The number of Topliss-reactive ketones (excluding diaryl/α,β-unsaturated/α-hetero) is 1. The van der Waals surface area contributed by atoms with Gasteiger partial charge in [0.1, 0.15) is 0 Å². The third-order valence-electron chi connectivity index (χ3n) is 5.89. The first-order chi connectivity index (χ1) is 17.2. The van der Waals surface area contributed by atoms with Crippen LogP contribution in [0, 0.1) is 5.41 Å². The molecule has 0 atom stereocenters. The zero-order valence-electron chi connectivity index (χ0n) is 19.3. The molecule has 0 fully saturated rings. The Balaban J connectivity index is 1.54. The topological polar surface area (TPSA) is 71.1 Å². The van der Waals surface area contributed by atoms with E-state index in [0.717, 1.165) is 0 Å². The Morgan fingerprint density at radius 2 is 1.58 bits per heavy atom. The molecule has 0 bridgehead atoms. The van der Waals surface area contributed by atoms with E-state index in [-0.39, 0.29) is 23.9 Å². The summed E-state index contributed by atoms with van der Waals surface area (Å²) in [5.74, 6) is -0.365. The van der Waals surface area contributed by atoms with E-state index in [2.05, 4.69) is 0 Å². The minimum atomic E-state index is -0.221. The van der Waals surface area contributed by atoms with Gasteiger partial charge in [-0.05, 0) is 61.0 Å². The summed E-state index contributed by atoms with van der Waals surface area (Å²) in [5, 5.41) is 10.6. The van der Waals surface area contributed by atoms with Gasteiger partial charge >= 0.3 is 0 Å². The number of carbonyl (C=O) groups is 2. The number of rotatable bonds is 8. The minimum absolute atomic E-state index is 0.0161. The average molecular weight is 564 g/mol. The Morgan fingerprint density at radius 3 is 2.28 bits per heavy atom. The Labute approximate surface area is 228 Å². The van der Waals surface area contributed by atoms with Crippen LogP contribution < -0.4 is 5.62 Å². The van der Waals surface area contributed by atoms with Gasteiger partial charge in [-0.15, -0.1) is 0 Å². The average Bonchev–Trinajstić information content (AvgIpc) is 3.11. The lowest BCUT2D eigenvalue weighted by Gasteiger charge is -2.18. The van der Waals surface area contributed by atoms with Gasteiger partial charge in [0.05, 0.1) is 33.2 Å². The molecule has 4 aromatic rings. The van der Waals surface area contributed by atoms with Gasteiger partial charge in [-0.1, -0.05) is 52.5 Å². The highest BCUT2D eigenvalue weighted by molar-refractivity contribution is 6.36. The number of imidazole rings is 1. The molecule has 1 heterocycles. The minimum Gasteiger partial charge on any atom is -0.342 e. The number of fused-ring (bicyclic) bond motifs is 1. The van der Waals surface area contributed by atoms with Gasteiger partial charge in [0.2, 0.25) is 5.62 Å². The van der Waals surface area contributed by atoms with E-state index in [1.807, 2.05) is 6.07 Å². The van der Waals surface area contributed by atoms with Crippen LogP contribution in [-0.2, 0) is 13.1 Å². The van der Waals surface area contributed by atoms with Crippen LogP contribution in [0.3, 0.4) is 0 Å². The number of nitrogens with one attached hydrogen (secondary N) is 1. The summed E-state index contributed by atoms with van der Waals surface area (Å²) in [6.07, 6.45) is 0.555. The molecule has 186 valence electrons. The first-order valence-corrected chi connectivity index (χ1v) is 12.6. The number of hydrogen-bond acceptors (Lipinski definition) is 3. The molecule has 0 spiro atoms. The highest BCUT2D eigenvalue weighted by Crippen LogP contribution is 2.24. The molecule has 6 nitrogen and oxygen atoms in total. The molecule has 10 heteroatoms. The number of benzene rings is 3. The maximum absolute atomic E-state index is 12.9. The maximum atomic E-state index is 12.9. The van der Waals surface area contributed by atoms with Crippen molar-refractivity contribution in [2.45, 2.75) is 19.5 Å². The zero-order chi connectivity index (χ0) is 26.0. The van der Waals surface area contributed by atoms with Crippen molar-refractivity contribution in [1.29, 1.82) is 5.41 Å². The van der Waals surface area contributed by atoms with Crippen molar-refractivity contribution in [2.24, 2.45) is 0 Å². The highest BCUT2D eigenvalue weighted by Gasteiger charge is 2.18. The molecular formula is C26H22Cl4N4O2. The van der Waals surface area contributed by atoms with Gasteiger partial charge in [0.25, 0.3) is 5.91 Å². The Morgan fingerprint density at radius 1 is 0.889 bits per heavy atom. The first kappa shape index (κ1) is 26.3. The summed E-state index contributed by atoms with van der Waals surface area (Å²) in [6, 6.07) is 16.8. The molecule has 0 saturated heterocycles. The molecule has 0 saturated carbocycles. The van der Waals surface area contributed by atoms with Gasteiger partial charge < -0.3 is 14.0 Å². The number of hydrogen-bond donors (Lipinski definition) is 1. The SMILES string of the molecule is CN(CCCn1c(=N)n(CC(=O)c2ccc(Cl)cc2)c2cccc(Cl)c21)C(=O)c1ccc(Cl)cc1Cl. The molecule has 0 aliphatic carbocycles. The lowest BCUT2D eigenvalue weighted by atomic mass is 10.1. The van der Waals surface area contributed by atoms with Crippen LogP contribution in [0.5, 0.6) is 0 Å². The fourth-order valence-corrected chi connectivity index (χ4v) is 4.93. The molecule has 1 N–H and O–H groups in total. The largest absolute Gasteiger partial charge is 0.342 e. The van der Waals surface area contributed by atoms with Crippen molar-refractivity contribution in [1.82, 2.24) is 14.0 Å². The van der Waals surface area contributed by atoms with Crippen molar-refractivity contribution in [3.63, 3.8) is 0 Å². The van der Waals surface area contributed by atoms with Crippen molar-refractivity contribution < 1.29 is 9.59 Å². The van der Waals surface area contributed by atoms with E-state index in [1.54, 1.807) is 69.6 Å². The van der Waals surface area contributed by atoms with E-state index in [4.69, 9.17) is 51.8 Å². The van der Waals surface area contributed by atoms with Crippen LogP contribution in [0.15, 0.2) is 60.7 Å². The summed E-state index contributed by atoms with van der Waals surface area (Å²) >= 11 is 24.6. The van der Waals surface area contributed by atoms with Crippen molar-refractivity contribution in [3.05, 3.63) is 97.5 Å². The second kappa shape index (κ2) is 11.1. The highest BCUT2D eigenvalue weighted by atomic mass is 35.5. The summed E-state index contributed by atoms with van der Waals surface area (Å²) in [5.41, 5.74) is 2.39. The lowest BCUT2D eigenvalue weighted by Crippen LogP contribution is -2.31. The second-order valence-corrected chi connectivity index (χ2v) is 9.99. The van der Waals surface area contributed by atoms with Crippen molar-refractivity contribution >= 4 is 69.1 Å². The maximum Gasteiger partial charge on any atom is 0.255 e. The van der Waals surface area contributed by atoms with E-state index in [1.165, 1.54) is 6.07 Å². The lowest BCUT2D eigenvalue weighted by molar-refractivity contribution is 0.0791. The Kier molecular flexibility index (Phi) is 8.10. The third kappa shape index (κ3) is 5.47. The van der Waals surface area contributed by atoms with E-state index < -0.39 is 0 Å². The first-order valence-electron chi connectivity index (χ1n) is 11.1. The van der Waals surface area contributed by atoms with Crippen LogP contribution in [-0.4, -0.2) is 39.3 Å². The van der Waals surface area contributed by atoms with Crippen LogP contribution in [0.25, 0.3) is 11.0 Å². The van der Waals surface area contributed by atoms with E-state index in [0.29, 0.717) is 61.8 Å². The molecule has 0 unspecified atom stereocenters. The number of amides is 1. The molecular weight excluding hydrogens is 542 g/mol. The molecule has 4 rings (SSSR count). The smallest absolute Gasteiger partial charge is 0.255 e. The Bertz CT molecular complexity index is 1510. The van der Waals surface area contributed by atoms with Crippen molar-refractivity contribution in [3.8, 4) is 0 Å². The summed E-state index contributed by atoms with van der Waals surface area (Å²) < 4.78 is 3.40. The Hall–Kier alpha value is -2.77. The van der Waals surface area contributed by atoms with Crippen LogP contribution in [0.1, 0.15) is 27.1 Å². The number of aromatic nitrogens is 2. The van der Waals surface area contributed by atoms with E-state index >= 15 is 0 Å². The number of halogens is 4. The summed E-state index contributed by atoms with van der Waals surface area (Å²) in [6.45, 7) is 0.829. The fourth-order valence-electron chi connectivity index (χ4n) is 4.04. The second-order valence-electron chi connectivity index (χ2n) is 8.30. The molecule has 0 aliphatic rings. The third-order valence-corrected chi connectivity index (χ3v) is 6.99. The zero-order valence-corrected chi connectivity index (χ0v) is 22.3. The quantitative estimate of drug-likeness (QED) is 0.246. The number of ketones is 1. The molecule has 3 aromatic carbocycles. The van der Waals surface area contributed by atoms with Crippen LogP contribution in [0.2, 0.25) is 20.1 Å². The normalized spacial score (nSPS) is 11.1.